The maximum Gasteiger partial charge on any atom is 0.167 e. The summed E-state index contributed by atoms with van der Waals surface area (Å²) in [5, 5.41) is 5.17. The zero-order valence-corrected chi connectivity index (χ0v) is 17.4. The Morgan fingerprint density at radius 1 is 1.33 bits per heavy atom. The topological polar surface area (TPSA) is 45.8 Å². The molecule has 0 radical (unpaired) electrons. The highest BCUT2D eigenvalue weighted by atomic mass is 127. The number of nitrogens with zero attached hydrogens (tertiary/aromatic N) is 5. The van der Waals surface area contributed by atoms with Gasteiger partial charge in [0.05, 0.1) is 40.7 Å². The number of aromatic nitrogens is 3. The second-order valence-corrected chi connectivity index (χ2v) is 7.50. The summed E-state index contributed by atoms with van der Waals surface area (Å²) in [6.45, 7) is 0.739. The summed E-state index contributed by atoms with van der Waals surface area (Å²) in [5.41, 5.74) is 1.93. The van der Waals surface area contributed by atoms with Crippen LogP contribution in [-0.4, -0.2) is 32.4 Å². The third-order valence-electron chi connectivity index (χ3n) is 4.72. The van der Waals surface area contributed by atoms with Crippen molar-refractivity contribution < 1.29 is 8.78 Å². The minimum atomic E-state index is -0.428. The van der Waals surface area contributed by atoms with Gasteiger partial charge < -0.3 is 4.90 Å². The average Bonchev–Trinajstić information content (AvgIpc) is 3.32. The molecule has 0 saturated carbocycles. The Labute approximate surface area is 173 Å². The van der Waals surface area contributed by atoms with E-state index in [0.717, 1.165) is 41.9 Å². The smallest absolute Gasteiger partial charge is 0.167 e. The molecule has 1 aromatic carbocycles. The number of anilines is 1. The summed E-state index contributed by atoms with van der Waals surface area (Å²) in [6, 6.07) is 5.25. The minimum Gasteiger partial charge on any atom is -0.349 e. The lowest BCUT2D eigenvalue weighted by molar-refractivity contribution is 0.560. The van der Waals surface area contributed by atoms with Gasteiger partial charge >= 0.3 is 0 Å². The van der Waals surface area contributed by atoms with E-state index in [9.17, 15) is 8.78 Å². The number of rotatable bonds is 3. The lowest BCUT2D eigenvalue weighted by Gasteiger charge is -2.26. The molecule has 0 bridgehead atoms. The molecule has 3 aromatic rings. The van der Waals surface area contributed by atoms with E-state index >= 15 is 0 Å². The Morgan fingerprint density at radius 2 is 2.19 bits per heavy atom. The Hall–Kier alpha value is -1.75. The van der Waals surface area contributed by atoms with Crippen LogP contribution in [0, 0.1) is 11.6 Å². The first-order valence-corrected chi connectivity index (χ1v) is 10.6. The largest absolute Gasteiger partial charge is 0.349 e. The molecule has 1 aliphatic rings. The molecule has 0 unspecified atom stereocenters. The van der Waals surface area contributed by atoms with Crippen LogP contribution < -0.4 is 4.90 Å². The van der Waals surface area contributed by atoms with E-state index in [1.165, 1.54) is 23.9 Å². The molecule has 140 valence electrons. The number of fused-ring (bicyclic) bond motifs is 1. The van der Waals surface area contributed by atoms with E-state index in [4.69, 9.17) is 4.98 Å². The zero-order valence-electron chi connectivity index (χ0n) is 14.4. The molecule has 1 atom stereocenters. The predicted molar refractivity (Wildman–Crippen MR) is 113 cm³/mol. The van der Waals surface area contributed by atoms with Crippen LogP contribution in [0.2, 0.25) is 0 Å². The van der Waals surface area contributed by atoms with Crippen LogP contribution in [0.15, 0.2) is 39.9 Å². The molecule has 9 heteroatoms. The first-order valence-electron chi connectivity index (χ1n) is 8.41. The summed E-state index contributed by atoms with van der Waals surface area (Å²) in [4.78, 5) is 6.81. The van der Waals surface area contributed by atoms with Crippen molar-refractivity contribution in [2.45, 2.75) is 18.9 Å². The molecule has 0 N–H and O–H groups in total. The predicted octanol–water partition coefficient (Wildman–Crippen LogP) is 4.81. The summed E-state index contributed by atoms with van der Waals surface area (Å²) < 4.78 is 34.0. The molecule has 1 aliphatic heterocycles. The SMILES string of the molecule is CS/C(=N/I)c1cnn2ccc(N3CCC[C@@H]3c3cc(F)ccc3F)nc12. The van der Waals surface area contributed by atoms with Crippen LogP contribution in [0.3, 0.4) is 0 Å². The monoisotopic (exact) mass is 499 g/mol. The third-order valence-corrected chi connectivity index (χ3v) is 6.23. The van der Waals surface area contributed by atoms with Crippen molar-refractivity contribution in [2.24, 2.45) is 3.21 Å². The fraction of sp³-hybridized carbons (Fsp3) is 0.278. The van der Waals surface area contributed by atoms with E-state index < -0.39 is 5.82 Å². The van der Waals surface area contributed by atoms with Crippen molar-refractivity contribution >= 4 is 51.1 Å². The maximum atomic E-state index is 14.3. The summed E-state index contributed by atoms with van der Waals surface area (Å²) in [5.74, 6) is -0.0898. The van der Waals surface area contributed by atoms with Gasteiger partial charge in [0.2, 0.25) is 0 Å². The van der Waals surface area contributed by atoms with Crippen LogP contribution >= 0.6 is 34.6 Å². The molecule has 3 heterocycles. The lowest BCUT2D eigenvalue weighted by Crippen LogP contribution is -2.24. The van der Waals surface area contributed by atoms with Gasteiger partial charge in [0.15, 0.2) is 5.65 Å². The van der Waals surface area contributed by atoms with Crippen molar-refractivity contribution in [3.63, 3.8) is 0 Å². The molecule has 0 aliphatic carbocycles. The van der Waals surface area contributed by atoms with Crippen LogP contribution in [0.4, 0.5) is 14.6 Å². The molecule has 1 saturated heterocycles. The molecule has 0 amide bonds. The van der Waals surface area contributed by atoms with E-state index in [-0.39, 0.29) is 11.9 Å². The van der Waals surface area contributed by atoms with Gasteiger partial charge in [-0.3, -0.25) is 0 Å². The van der Waals surface area contributed by atoms with Gasteiger partial charge in [-0.25, -0.2) is 21.5 Å². The van der Waals surface area contributed by atoms with Crippen molar-refractivity contribution in [1.82, 2.24) is 14.6 Å². The second-order valence-electron chi connectivity index (χ2n) is 6.22. The standard InChI is InChI=1S/C18H16F2IN5S/c1-27-18(24-21)13-10-22-26-8-6-16(23-17(13)26)25-7-2-3-15(25)12-9-11(19)4-5-14(12)20/h4-6,8-10,15H,2-3,7H2,1H3/b24-18+/t15-/m1/s1. The van der Waals surface area contributed by atoms with Gasteiger partial charge in [-0.1, -0.05) is 0 Å². The normalized spacial score (nSPS) is 17.9. The Kier molecular flexibility index (Phi) is 5.31. The molecule has 5 nitrogen and oxygen atoms in total. The lowest BCUT2D eigenvalue weighted by atomic mass is 10.0. The zero-order chi connectivity index (χ0) is 19.0. The number of hydrogen-bond donors (Lipinski definition) is 0. The number of benzene rings is 1. The number of halogens is 3. The summed E-state index contributed by atoms with van der Waals surface area (Å²) in [7, 11) is 0. The van der Waals surface area contributed by atoms with Crippen molar-refractivity contribution in [2.75, 3.05) is 17.7 Å². The van der Waals surface area contributed by atoms with Gasteiger partial charge in [-0.2, -0.15) is 5.10 Å². The van der Waals surface area contributed by atoms with E-state index in [2.05, 4.69) is 8.30 Å². The van der Waals surface area contributed by atoms with Gasteiger partial charge in [0.1, 0.15) is 22.5 Å². The first-order chi connectivity index (χ1) is 13.1. The molecular formula is C18H16F2IN5S. The van der Waals surface area contributed by atoms with Crippen molar-refractivity contribution in [3.8, 4) is 0 Å². The van der Waals surface area contributed by atoms with E-state index in [1.807, 2.05) is 46.3 Å². The molecule has 0 spiro atoms. The fourth-order valence-corrected chi connectivity index (χ4v) is 4.78. The quantitative estimate of drug-likeness (QED) is 0.295. The molecule has 1 fully saturated rings. The van der Waals surface area contributed by atoms with E-state index in [0.29, 0.717) is 11.2 Å². The molecular weight excluding hydrogens is 483 g/mol. The molecule has 2 aromatic heterocycles. The molecule has 4 rings (SSSR count). The summed E-state index contributed by atoms with van der Waals surface area (Å²) in [6.07, 6.45) is 7.18. The van der Waals surface area contributed by atoms with Gasteiger partial charge in [0.25, 0.3) is 0 Å². The van der Waals surface area contributed by atoms with Crippen LogP contribution in [0.5, 0.6) is 0 Å². The van der Waals surface area contributed by atoms with Crippen LogP contribution in [-0.2, 0) is 0 Å². The fourth-order valence-electron chi connectivity index (χ4n) is 3.49. The van der Waals surface area contributed by atoms with Crippen molar-refractivity contribution in [3.05, 3.63) is 59.4 Å². The van der Waals surface area contributed by atoms with Gasteiger partial charge in [0, 0.05) is 18.3 Å². The van der Waals surface area contributed by atoms with Crippen LogP contribution in [0.25, 0.3) is 5.65 Å². The highest BCUT2D eigenvalue weighted by molar-refractivity contribution is 14.1. The van der Waals surface area contributed by atoms with E-state index in [1.54, 1.807) is 10.7 Å². The Bertz CT molecular complexity index is 1020. The number of hydrogen-bond acceptors (Lipinski definition) is 5. The van der Waals surface area contributed by atoms with Crippen LogP contribution in [0.1, 0.15) is 30.0 Å². The molecule has 27 heavy (non-hydrogen) atoms. The van der Waals surface area contributed by atoms with Crippen molar-refractivity contribution in [1.29, 1.82) is 0 Å². The first kappa shape index (κ1) is 18.6. The minimum absolute atomic E-state index is 0.236. The average molecular weight is 499 g/mol. The Balaban J connectivity index is 1.77. The van der Waals surface area contributed by atoms with Gasteiger partial charge in [-0.15, -0.1) is 11.8 Å². The third kappa shape index (κ3) is 3.42. The highest BCUT2D eigenvalue weighted by Crippen LogP contribution is 2.37. The second kappa shape index (κ2) is 7.70. The van der Waals surface area contributed by atoms with Gasteiger partial charge in [-0.05, 0) is 43.4 Å². The highest BCUT2D eigenvalue weighted by Gasteiger charge is 2.30. The maximum absolute atomic E-state index is 14.3. The number of thioether (sulfide) groups is 1. The Morgan fingerprint density at radius 3 is 2.96 bits per heavy atom. The summed E-state index contributed by atoms with van der Waals surface area (Å²) >= 11 is 3.49.